The van der Waals surface area contributed by atoms with Crippen molar-refractivity contribution in [3.63, 3.8) is 0 Å². The number of aromatic nitrogens is 2. The van der Waals surface area contributed by atoms with E-state index in [1.165, 1.54) is 11.4 Å². The molecule has 1 N–H and O–H groups in total. The highest BCUT2D eigenvalue weighted by atomic mass is 15.1. The van der Waals surface area contributed by atoms with Gasteiger partial charge in [-0.15, -0.1) is 0 Å². The molecule has 0 saturated carbocycles. The summed E-state index contributed by atoms with van der Waals surface area (Å²) in [5.41, 5.74) is 2.65. The molecule has 0 radical (unpaired) electrons. The van der Waals surface area contributed by atoms with Crippen molar-refractivity contribution < 1.29 is 0 Å². The Morgan fingerprint density at radius 3 is 3.21 bits per heavy atom. The molecule has 2 rings (SSSR count). The van der Waals surface area contributed by atoms with E-state index in [0.717, 1.165) is 32.6 Å². The molecule has 0 amide bonds. The highest BCUT2D eigenvalue weighted by molar-refractivity contribution is 5.16. The molecular weight excluding hydrogens is 176 g/mol. The summed E-state index contributed by atoms with van der Waals surface area (Å²) in [6, 6.07) is 0. The van der Waals surface area contributed by atoms with Gasteiger partial charge in [0.2, 0.25) is 0 Å². The van der Waals surface area contributed by atoms with Crippen LogP contribution in [0.2, 0.25) is 0 Å². The van der Waals surface area contributed by atoms with Crippen molar-refractivity contribution in [3.8, 4) is 0 Å². The number of hydrogen-bond donors (Lipinski definition) is 1. The zero-order valence-corrected chi connectivity index (χ0v) is 8.95. The number of likely N-dealkylation sites (N-methyl/N-ethyl adjacent to an activating group) is 1. The molecule has 0 unspecified atom stereocenters. The van der Waals surface area contributed by atoms with Crippen LogP contribution in [0.1, 0.15) is 11.4 Å². The largest absolute Gasteiger partial charge is 0.332 e. The van der Waals surface area contributed by atoms with Gasteiger partial charge in [0.05, 0.1) is 17.7 Å². The average molecular weight is 194 g/mol. The van der Waals surface area contributed by atoms with Gasteiger partial charge in [-0.1, -0.05) is 0 Å². The van der Waals surface area contributed by atoms with Crippen molar-refractivity contribution in [2.75, 3.05) is 27.2 Å². The zero-order chi connectivity index (χ0) is 9.97. The van der Waals surface area contributed by atoms with Gasteiger partial charge in [0.1, 0.15) is 0 Å². The second kappa shape index (κ2) is 4.11. The van der Waals surface area contributed by atoms with Crippen LogP contribution in [-0.2, 0) is 19.5 Å². The summed E-state index contributed by atoms with van der Waals surface area (Å²) in [5, 5.41) is 3.38. The number of fused-ring (bicyclic) bond motifs is 1. The van der Waals surface area contributed by atoms with Gasteiger partial charge in [0.25, 0.3) is 0 Å². The highest BCUT2D eigenvalue weighted by Gasteiger charge is 2.14. The Balaban J connectivity index is 2.06. The van der Waals surface area contributed by atoms with E-state index in [0.29, 0.717) is 0 Å². The number of hydrogen-bond acceptors (Lipinski definition) is 3. The first kappa shape index (κ1) is 9.68. The summed E-state index contributed by atoms with van der Waals surface area (Å²) in [5.74, 6) is 0. The van der Waals surface area contributed by atoms with Gasteiger partial charge in [-0.3, -0.25) is 0 Å². The molecule has 0 aromatic carbocycles. The molecule has 0 saturated heterocycles. The quantitative estimate of drug-likeness (QED) is 0.740. The van der Waals surface area contributed by atoms with E-state index in [1.807, 2.05) is 6.33 Å². The molecule has 0 spiro atoms. The number of rotatable bonds is 3. The maximum Gasteiger partial charge on any atom is 0.0952 e. The lowest BCUT2D eigenvalue weighted by Crippen LogP contribution is -2.26. The molecule has 4 heteroatoms. The molecule has 0 fully saturated rings. The first-order valence-electron chi connectivity index (χ1n) is 5.15. The molecule has 78 valence electrons. The fourth-order valence-electron chi connectivity index (χ4n) is 1.78. The first-order chi connectivity index (χ1) is 6.77. The van der Waals surface area contributed by atoms with Crippen molar-refractivity contribution >= 4 is 0 Å². The van der Waals surface area contributed by atoms with Gasteiger partial charge in [-0.2, -0.15) is 0 Å². The van der Waals surface area contributed by atoms with E-state index < -0.39 is 0 Å². The van der Waals surface area contributed by atoms with E-state index in [-0.39, 0.29) is 0 Å². The zero-order valence-electron chi connectivity index (χ0n) is 8.95. The van der Waals surface area contributed by atoms with E-state index in [9.17, 15) is 0 Å². The molecule has 1 aromatic rings. The van der Waals surface area contributed by atoms with Crippen LogP contribution in [0, 0.1) is 0 Å². The maximum atomic E-state index is 4.44. The van der Waals surface area contributed by atoms with Crippen LogP contribution in [0.4, 0.5) is 0 Å². The molecule has 0 aliphatic carbocycles. The fourth-order valence-corrected chi connectivity index (χ4v) is 1.78. The third-order valence-electron chi connectivity index (χ3n) is 2.65. The number of nitrogens with zero attached hydrogens (tertiary/aromatic N) is 3. The third-order valence-corrected chi connectivity index (χ3v) is 2.65. The van der Waals surface area contributed by atoms with E-state index in [2.05, 4.69) is 33.9 Å². The lowest BCUT2D eigenvalue weighted by molar-refractivity contribution is 0.379. The number of imidazole rings is 1. The summed E-state index contributed by atoms with van der Waals surface area (Å²) in [6.45, 7) is 4.15. The summed E-state index contributed by atoms with van der Waals surface area (Å²) in [6.07, 6.45) is 3.05. The SMILES string of the molecule is CN(C)CCn1cnc2c1CNCC2. The standard InChI is InChI=1S/C10H18N4/c1-13(2)5-6-14-8-12-9-3-4-11-7-10(9)14/h8,11H,3-7H2,1-2H3. The molecule has 4 nitrogen and oxygen atoms in total. The van der Waals surface area contributed by atoms with Crippen LogP contribution in [0.25, 0.3) is 0 Å². The Kier molecular flexibility index (Phi) is 2.84. The van der Waals surface area contributed by atoms with Gasteiger partial charge in [-0.05, 0) is 14.1 Å². The summed E-state index contributed by atoms with van der Waals surface area (Å²) in [7, 11) is 4.20. The monoisotopic (exact) mass is 194 g/mol. The first-order valence-corrected chi connectivity index (χ1v) is 5.15. The Bertz CT molecular complexity index is 303. The van der Waals surface area contributed by atoms with Crippen molar-refractivity contribution in [3.05, 3.63) is 17.7 Å². The van der Waals surface area contributed by atoms with Gasteiger partial charge in [0, 0.05) is 32.6 Å². The molecular formula is C10H18N4. The predicted octanol–water partition coefficient (Wildman–Crippen LogP) is 0.0904. The third kappa shape index (κ3) is 1.96. The Morgan fingerprint density at radius 2 is 2.43 bits per heavy atom. The average Bonchev–Trinajstić information content (AvgIpc) is 2.58. The van der Waals surface area contributed by atoms with Crippen LogP contribution >= 0.6 is 0 Å². The minimum Gasteiger partial charge on any atom is -0.332 e. The summed E-state index contributed by atoms with van der Waals surface area (Å²) >= 11 is 0. The summed E-state index contributed by atoms with van der Waals surface area (Å²) in [4.78, 5) is 6.64. The van der Waals surface area contributed by atoms with Gasteiger partial charge in [-0.25, -0.2) is 4.98 Å². The van der Waals surface area contributed by atoms with E-state index in [4.69, 9.17) is 0 Å². The fraction of sp³-hybridized carbons (Fsp3) is 0.700. The van der Waals surface area contributed by atoms with Gasteiger partial charge in [0.15, 0.2) is 0 Å². The van der Waals surface area contributed by atoms with E-state index >= 15 is 0 Å². The van der Waals surface area contributed by atoms with Crippen molar-refractivity contribution in [1.82, 2.24) is 19.8 Å². The summed E-state index contributed by atoms with van der Waals surface area (Å²) < 4.78 is 2.27. The highest BCUT2D eigenvalue weighted by Crippen LogP contribution is 2.11. The van der Waals surface area contributed by atoms with Gasteiger partial charge >= 0.3 is 0 Å². The minimum atomic E-state index is 0.975. The minimum absolute atomic E-state index is 0.975. The lowest BCUT2D eigenvalue weighted by Gasteiger charge is -2.16. The topological polar surface area (TPSA) is 33.1 Å². The van der Waals surface area contributed by atoms with E-state index in [1.54, 1.807) is 0 Å². The van der Waals surface area contributed by atoms with Gasteiger partial charge < -0.3 is 14.8 Å². The van der Waals surface area contributed by atoms with Crippen LogP contribution in [-0.4, -0.2) is 41.6 Å². The molecule has 14 heavy (non-hydrogen) atoms. The molecule has 1 aliphatic rings. The second-order valence-corrected chi connectivity index (χ2v) is 4.06. The molecule has 1 aromatic heterocycles. The normalized spacial score (nSPS) is 15.9. The Hall–Kier alpha value is -0.870. The molecule has 0 bridgehead atoms. The van der Waals surface area contributed by atoms with Crippen LogP contribution in [0.5, 0.6) is 0 Å². The van der Waals surface area contributed by atoms with Crippen molar-refractivity contribution in [2.24, 2.45) is 0 Å². The lowest BCUT2D eigenvalue weighted by atomic mass is 10.2. The Morgan fingerprint density at radius 1 is 1.57 bits per heavy atom. The van der Waals surface area contributed by atoms with Crippen LogP contribution in [0.15, 0.2) is 6.33 Å². The smallest absolute Gasteiger partial charge is 0.0952 e. The molecule has 2 heterocycles. The second-order valence-electron chi connectivity index (χ2n) is 4.06. The predicted molar refractivity (Wildman–Crippen MR) is 56.2 cm³/mol. The molecule has 1 aliphatic heterocycles. The number of nitrogens with one attached hydrogen (secondary N) is 1. The van der Waals surface area contributed by atoms with Crippen LogP contribution in [0.3, 0.4) is 0 Å². The molecule has 0 atom stereocenters. The van der Waals surface area contributed by atoms with Crippen molar-refractivity contribution in [1.29, 1.82) is 0 Å². The Labute approximate surface area is 84.9 Å². The van der Waals surface area contributed by atoms with Crippen LogP contribution < -0.4 is 5.32 Å². The van der Waals surface area contributed by atoms with Crippen molar-refractivity contribution in [2.45, 2.75) is 19.5 Å². The maximum absolute atomic E-state index is 4.44.